The molecule has 0 aromatic carbocycles. The third-order valence-electron chi connectivity index (χ3n) is 10.9. The second kappa shape index (κ2) is 19.3. The third kappa shape index (κ3) is 9.13. The minimum absolute atomic E-state index is 0.684. The number of aliphatic hydroxyl groups is 17. The lowest BCUT2D eigenvalue weighted by Gasteiger charge is -2.54. The maximum Gasteiger partial charge on any atom is 0.186 e. The van der Waals surface area contributed by atoms with Crippen molar-refractivity contribution in [2.24, 2.45) is 0 Å². The molecule has 5 aliphatic heterocycles. The fourth-order valence-electron chi connectivity index (χ4n) is 7.33. The van der Waals surface area contributed by atoms with Crippen molar-refractivity contribution in [1.29, 1.82) is 0 Å². The van der Waals surface area contributed by atoms with E-state index in [2.05, 4.69) is 0 Å². The minimum atomic E-state index is -2.84. The molecule has 26 heteroatoms. The van der Waals surface area contributed by atoms with Crippen LogP contribution < -0.4 is 0 Å². The van der Waals surface area contributed by atoms with Crippen molar-refractivity contribution >= 4 is 0 Å². The van der Waals surface area contributed by atoms with Gasteiger partial charge in [0, 0.05) is 7.11 Å². The predicted molar refractivity (Wildman–Crippen MR) is 171 cm³/mol. The van der Waals surface area contributed by atoms with E-state index in [1.165, 1.54) is 0 Å². The third-order valence-corrected chi connectivity index (χ3v) is 10.9. The van der Waals surface area contributed by atoms with Gasteiger partial charge in [0.05, 0.1) is 33.0 Å². The summed E-state index contributed by atoms with van der Waals surface area (Å²) in [6.45, 7) is -4.09. The van der Waals surface area contributed by atoms with Crippen LogP contribution in [0.15, 0.2) is 0 Å². The molecule has 5 heterocycles. The number of ether oxygens (including phenoxy) is 9. The zero-order valence-electron chi connectivity index (χ0n) is 30.2. The van der Waals surface area contributed by atoms with Gasteiger partial charge in [0.25, 0.3) is 0 Å². The summed E-state index contributed by atoms with van der Waals surface area (Å²) in [5, 5.41) is 178. The molecule has 0 amide bonds. The molecule has 0 spiro atoms. The van der Waals surface area contributed by atoms with E-state index in [1.54, 1.807) is 0 Å². The molecule has 5 fully saturated rings. The molecule has 0 aromatic heterocycles. The van der Waals surface area contributed by atoms with Gasteiger partial charge in [-0.25, -0.2) is 0 Å². The van der Waals surface area contributed by atoms with Gasteiger partial charge in [0.2, 0.25) is 0 Å². The first-order chi connectivity index (χ1) is 26.8. The summed E-state index contributed by atoms with van der Waals surface area (Å²) in [4.78, 5) is 0. The summed E-state index contributed by atoms with van der Waals surface area (Å²) in [5.41, 5.74) is -2.84. The van der Waals surface area contributed by atoms with Crippen LogP contribution >= 0.6 is 0 Å². The summed E-state index contributed by atoms with van der Waals surface area (Å²) in [6, 6.07) is 0. The molecular weight excluding hydrogens is 788 g/mol. The number of methoxy groups -OCH3 is 1. The normalized spacial score (nSPS) is 53.8. The largest absolute Gasteiger partial charge is 0.394 e. The Morgan fingerprint density at radius 1 is 0.404 bits per heavy atom. The lowest BCUT2D eigenvalue weighted by molar-refractivity contribution is -0.374. The van der Waals surface area contributed by atoms with Gasteiger partial charge >= 0.3 is 0 Å². The maximum atomic E-state index is 11.5. The Balaban J connectivity index is 1.21. The summed E-state index contributed by atoms with van der Waals surface area (Å²) >= 11 is 0. The maximum absolute atomic E-state index is 11.5. The molecule has 0 unspecified atom stereocenters. The van der Waals surface area contributed by atoms with Gasteiger partial charge in [-0.3, -0.25) is 0 Å². The van der Waals surface area contributed by atoms with E-state index in [-0.39, 0.29) is 0 Å². The van der Waals surface area contributed by atoms with Crippen molar-refractivity contribution in [1.82, 2.24) is 0 Å². The second-order valence-electron chi connectivity index (χ2n) is 14.5. The van der Waals surface area contributed by atoms with Crippen molar-refractivity contribution in [3.8, 4) is 0 Å². The molecule has 0 aliphatic carbocycles. The smallest absolute Gasteiger partial charge is 0.186 e. The van der Waals surface area contributed by atoms with Gasteiger partial charge < -0.3 is 129 Å². The lowest BCUT2D eigenvalue weighted by Crippen LogP contribution is -2.77. The highest BCUT2D eigenvalue weighted by Gasteiger charge is 2.64. The van der Waals surface area contributed by atoms with E-state index in [4.69, 9.17) is 42.6 Å². The van der Waals surface area contributed by atoms with Crippen molar-refractivity contribution in [2.45, 2.75) is 153 Å². The van der Waals surface area contributed by atoms with Crippen LogP contribution in [-0.4, -0.2) is 280 Å². The first kappa shape index (κ1) is 47.0. The molecule has 17 N–H and O–H groups in total. The van der Waals surface area contributed by atoms with Gasteiger partial charge in [-0.1, -0.05) is 0 Å². The first-order valence-corrected chi connectivity index (χ1v) is 18.0. The number of hydrogen-bond donors (Lipinski definition) is 17. The van der Waals surface area contributed by atoms with Gasteiger partial charge in [-0.2, -0.15) is 0 Å². The van der Waals surface area contributed by atoms with Crippen molar-refractivity contribution < 1.29 is 129 Å². The summed E-state index contributed by atoms with van der Waals surface area (Å²) in [6.07, 6.45) is -44.3. The van der Waals surface area contributed by atoms with Crippen molar-refractivity contribution in [3.63, 3.8) is 0 Å². The molecule has 57 heavy (non-hydrogen) atoms. The summed E-state index contributed by atoms with van der Waals surface area (Å²) in [7, 11) is 1.10. The minimum Gasteiger partial charge on any atom is -0.394 e. The Hall–Kier alpha value is -1.04. The number of rotatable bonds is 13. The molecule has 26 nitrogen and oxygen atoms in total. The fourth-order valence-corrected chi connectivity index (χ4v) is 7.33. The molecule has 0 bridgehead atoms. The average molecular weight is 843 g/mol. The van der Waals surface area contributed by atoms with Gasteiger partial charge in [-0.15, -0.1) is 0 Å². The first-order valence-electron chi connectivity index (χ1n) is 18.0. The Bertz CT molecular complexity index is 1250. The Morgan fingerprint density at radius 2 is 0.772 bits per heavy atom. The second-order valence-corrected chi connectivity index (χ2v) is 14.5. The summed E-state index contributed by atoms with van der Waals surface area (Å²) < 4.78 is 48.5. The standard InChI is InChI=1S/C31H54O26/c1-49-27-24(46)25(47)31(48,11(3-33)57-27)26-20(42)16(38)13(35)8(53-26)4-50-29-22(44)18(40)15(37)10(55-29)6-52-30-23(45)19(41)14(36)9(56-30)5-51-28-21(43)17(39)12(34)7(2-32)54-28/h7-30,32-48H,2-6H2,1H3/t7-,8-,9-,10-,11-,12-,13-,14-,15-,16+,17+,18+,19+,20-,21-,22-,23-,24+,25-,26-,27+,28-,29-,30-,31-/m1/s1. The molecular formula is C31H54O26. The molecule has 0 saturated carbocycles. The van der Waals surface area contributed by atoms with Crippen molar-refractivity contribution in [2.75, 3.05) is 40.1 Å². The van der Waals surface area contributed by atoms with Gasteiger partial charge in [0.1, 0.15) is 122 Å². The van der Waals surface area contributed by atoms with Crippen LogP contribution in [-0.2, 0) is 42.6 Å². The molecule has 5 aliphatic rings. The van der Waals surface area contributed by atoms with Crippen LogP contribution in [0.3, 0.4) is 0 Å². The molecule has 334 valence electrons. The quantitative estimate of drug-likeness (QED) is 0.0818. The molecule has 25 atom stereocenters. The summed E-state index contributed by atoms with van der Waals surface area (Å²) in [5.74, 6) is 0. The zero-order chi connectivity index (χ0) is 42.3. The molecule has 0 aromatic rings. The Morgan fingerprint density at radius 3 is 1.16 bits per heavy atom. The van der Waals surface area contributed by atoms with E-state index >= 15 is 0 Å². The van der Waals surface area contributed by atoms with E-state index < -0.39 is 186 Å². The van der Waals surface area contributed by atoms with Crippen molar-refractivity contribution in [3.05, 3.63) is 0 Å². The molecule has 5 saturated heterocycles. The van der Waals surface area contributed by atoms with Gasteiger partial charge in [0.15, 0.2) is 30.8 Å². The molecule has 5 rings (SSSR count). The van der Waals surface area contributed by atoms with Crippen LogP contribution in [0.1, 0.15) is 0 Å². The SMILES string of the molecule is CO[C@H]1O[C@H](CO)[C@](O)([C@@H]2O[C@H](CO[C@@H]3O[C@H](CO[C@@H]4O[C@H](CO[C@@H]5O[C@H](CO)[C@@H](O)[C@H](O)[C@H]5O)[C@@H](O)[C@H](O)[C@H]4O)[C@@H](O)[C@H](O)[C@H]3O)[C@@H](O)[C@H](O)[C@H]2O)[C@H](O)[C@@H]1O. The monoisotopic (exact) mass is 842 g/mol. The van der Waals surface area contributed by atoms with Gasteiger partial charge in [-0.05, 0) is 0 Å². The Labute approximate surface area is 322 Å². The Kier molecular flexibility index (Phi) is 16.0. The average Bonchev–Trinajstić information content (AvgIpc) is 3.20. The number of hydrogen-bond acceptors (Lipinski definition) is 26. The highest BCUT2D eigenvalue weighted by atomic mass is 16.8. The zero-order valence-corrected chi connectivity index (χ0v) is 30.2. The van der Waals surface area contributed by atoms with Crippen LogP contribution in [0.4, 0.5) is 0 Å². The van der Waals surface area contributed by atoms with E-state index in [1.807, 2.05) is 0 Å². The van der Waals surface area contributed by atoms with E-state index in [9.17, 15) is 86.8 Å². The highest BCUT2D eigenvalue weighted by molar-refractivity contribution is 5.12. The van der Waals surface area contributed by atoms with Crippen LogP contribution in [0.5, 0.6) is 0 Å². The topological polar surface area (TPSA) is 427 Å². The molecule has 0 radical (unpaired) electrons. The predicted octanol–water partition coefficient (Wildman–Crippen LogP) is -11.9. The highest BCUT2D eigenvalue weighted by Crippen LogP contribution is 2.39. The van der Waals surface area contributed by atoms with Crippen LogP contribution in [0.2, 0.25) is 0 Å². The number of aliphatic hydroxyl groups excluding tert-OH is 16. The van der Waals surface area contributed by atoms with E-state index in [0.717, 1.165) is 7.11 Å². The van der Waals surface area contributed by atoms with E-state index in [0.29, 0.717) is 0 Å². The van der Waals surface area contributed by atoms with Crippen LogP contribution in [0, 0.1) is 0 Å². The fraction of sp³-hybridized carbons (Fsp3) is 1.00. The lowest BCUT2D eigenvalue weighted by atomic mass is 9.75. The van der Waals surface area contributed by atoms with Crippen LogP contribution in [0.25, 0.3) is 0 Å².